The smallest absolute Gasteiger partial charge is 0.253 e. The molecule has 0 aliphatic carbocycles. The molecule has 0 heterocycles. The maximum Gasteiger partial charge on any atom is 0.253 e. The van der Waals surface area contributed by atoms with Gasteiger partial charge in [-0.3, -0.25) is 9.59 Å². The summed E-state index contributed by atoms with van der Waals surface area (Å²) in [5.74, 6) is -1.02. The van der Waals surface area contributed by atoms with Crippen molar-refractivity contribution in [2.75, 3.05) is 0 Å². The van der Waals surface area contributed by atoms with Crippen LogP contribution in [0.2, 0.25) is 5.02 Å². The van der Waals surface area contributed by atoms with Crippen molar-refractivity contribution >= 4 is 45.0 Å². The molecule has 29 heavy (non-hydrogen) atoms. The summed E-state index contributed by atoms with van der Waals surface area (Å²) < 4.78 is 0. The summed E-state index contributed by atoms with van der Waals surface area (Å²) >= 11 is 6.12. The largest absolute Gasteiger partial charge is 0.368 e. The number of rotatable bonds is 5. The number of benzene rings is 4. The van der Waals surface area contributed by atoms with Crippen LogP contribution in [0.1, 0.15) is 15.9 Å². The van der Waals surface area contributed by atoms with Crippen LogP contribution in [0.15, 0.2) is 78.9 Å². The number of amides is 2. The third-order valence-electron chi connectivity index (χ3n) is 5.06. The third-order valence-corrected chi connectivity index (χ3v) is 5.39. The molecule has 4 aromatic carbocycles. The topological polar surface area (TPSA) is 72.2 Å². The lowest BCUT2D eigenvalue weighted by Crippen LogP contribution is -2.46. The first-order chi connectivity index (χ1) is 14.0. The summed E-state index contributed by atoms with van der Waals surface area (Å²) in [7, 11) is 0. The van der Waals surface area contributed by atoms with Crippen molar-refractivity contribution in [3.63, 3.8) is 0 Å². The van der Waals surface area contributed by atoms with Crippen LogP contribution in [0.3, 0.4) is 0 Å². The lowest BCUT2D eigenvalue weighted by molar-refractivity contribution is -0.119. The van der Waals surface area contributed by atoms with Gasteiger partial charge in [-0.2, -0.15) is 0 Å². The SMILES string of the molecule is NC(=O)[C@H](Cc1c2ccccc2cc2ccccc12)NC(=O)c1ccccc1Cl. The van der Waals surface area contributed by atoms with E-state index in [0.717, 1.165) is 27.1 Å². The maximum atomic E-state index is 12.7. The van der Waals surface area contributed by atoms with Crippen molar-refractivity contribution in [2.24, 2.45) is 5.73 Å². The molecule has 0 fully saturated rings. The van der Waals surface area contributed by atoms with Gasteiger partial charge in [0.05, 0.1) is 10.6 Å². The monoisotopic (exact) mass is 402 g/mol. The van der Waals surface area contributed by atoms with Crippen molar-refractivity contribution in [3.05, 3.63) is 95.0 Å². The summed E-state index contributed by atoms with van der Waals surface area (Å²) in [6.07, 6.45) is 0.285. The number of nitrogens with one attached hydrogen (secondary N) is 1. The van der Waals surface area contributed by atoms with E-state index in [0.29, 0.717) is 10.6 Å². The molecule has 0 saturated heterocycles. The summed E-state index contributed by atoms with van der Waals surface area (Å²) in [5.41, 5.74) is 6.93. The average Bonchev–Trinajstić information content (AvgIpc) is 2.73. The van der Waals surface area contributed by atoms with E-state index in [1.54, 1.807) is 24.3 Å². The summed E-state index contributed by atoms with van der Waals surface area (Å²) in [6, 6.07) is 23.9. The van der Waals surface area contributed by atoms with Gasteiger partial charge in [0, 0.05) is 6.42 Å². The van der Waals surface area contributed by atoms with Gasteiger partial charge in [-0.1, -0.05) is 72.3 Å². The molecule has 0 bridgehead atoms. The summed E-state index contributed by atoms with van der Waals surface area (Å²) in [5, 5.41) is 7.28. The minimum absolute atomic E-state index is 0.285. The Hall–Kier alpha value is -3.37. The Bertz CT molecular complexity index is 1180. The number of hydrogen-bond donors (Lipinski definition) is 2. The molecule has 4 rings (SSSR count). The van der Waals surface area contributed by atoms with E-state index in [-0.39, 0.29) is 6.42 Å². The summed E-state index contributed by atoms with van der Waals surface area (Å²) in [6.45, 7) is 0. The van der Waals surface area contributed by atoms with Crippen LogP contribution >= 0.6 is 11.6 Å². The highest BCUT2D eigenvalue weighted by Gasteiger charge is 2.22. The first-order valence-corrected chi connectivity index (χ1v) is 9.66. The number of halogens is 1. The van der Waals surface area contributed by atoms with Gasteiger partial charge in [-0.15, -0.1) is 0 Å². The van der Waals surface area contributed by atoms with Gasteiger partial charge >= 0.3 is 0 Å². The zero-order valence-corrected chi connectivity index (χ0v) is 16.3. The van der Waals surface area contributed by atoms with Crippen LogP contribution in [0.5, 0.6) is 0 Å². The number of hydrogen-bond acceptors (Lipinski definition) is 2. The molecule has 144 valence electrons. The Balaban J connectivity index is 1.75. The van der Waals surface area contributed by atoms with E-state index < -0.39 is 17.9 Å². The Morgan fingerprint density at radius 3 is 2.00 bits per heavy atom. The molecule has 0 spiro atoms. The first kappa shape index (κ1) is 19.0. The lowest BCUT2D eigenvalue weighted by atomic mass is 9.92. The zero-order chi connectivity index (χ0) is 20.4. The van der Waals surface area contributed by atoms with Crippen LogP contribution in [0.4, 0.5) is 0 Å². The highest BCUT2D eigenvalue weighted by molar-refractivity contribution is 6.33. The summed E-state index contributed by atoms with van der Waals surface area (Å²) in [4.78, 5) is 24.9. The second kappa shape index (κ2) is 7.94. The Kier molecular flexibility index (Phi) is 5.19. The molecule has 4 nitrogen and oxygen atoms in total. The number of carbonyl (C=O) groups is 2. The first-order valence-electron chi connectivity index (χ1n) is 9.28. The molecule has 2 amide bonds. The van der Waals surface area contributed by atoms with Crippen molar-refractivity contribution in [3.8, 4) is 0 Å². The van der Waals surface area contributed by atoms with Crippen LogP contribution in [-0.2, 0) is 11.2 Å². The predicted molar refractivity (Wildman–Crippen MR) is 117 cm³/mol. The minimum Gasteiger partial charge on any atom is -0.368 e. The molecule has 0 aliphatic heterocycles. The quantitative estimate of drug-likeness (QED) is 0.483. The predicted octanol–water partition coefficient (Wildman–Crippen LogP) is 4.47. The van der Waals surface area contributed by atoms with Gasteiger partial charge in [0.15, 0.2) is 0 Å². The van der Waals surface area contributed by atoms with Crippen LogP contribution in [-0.4, -0.2) is 17.9 Å². The molecule has 0 aliphatic rings. The lowest BCUT2D eigenvalue weighted by Gasteiger charge is -2.19. The number of nitrogens with two attached hydrogens (primary N) is 1. The highest BCUT2D eigenvalue weighted by Crippen LogP contribution is 2.29. The van der Waals surface area contributed by atoms with Gasteiger partial charge in [-0.25, -0.2) is 0 Å². The zero-order valence-electron chi connectivity index (χ0n) is 15.6. The molecular weight excluding hydrogens is 384 g/mol. The molecular formula is C24H19ClN2O2. The fourth-order valence-corrected chi connectivity index (χ4v) is 3.86. The van der Waals surface area contributed by atoms with E-state index in [4.69, 9.17) is 17.3 Å². The second-order valence-corrected chi connectivity index (χ2v) is 7.32. The van der Waals surface area contributed by atoms with Gasteiger partial charge in [-0.05, 0) is 45.3 Å². The number of carbonyl (C=O) groups excluding carboxylic acids is 2. The van der Waals surface area contributed by atoms with Gasteiger partial charge in [0.1, 0.15) is 6.04 Å². The van der Waals surface area contributed by atoms with Crippen LogP contribution < -0.4 is 11.1 Å². The van der Waals surface area contributed by atoms with Crippen molar-refractivity contribution in [2.45, 2.75) is 12.5 Å². The molecule has 0 radical (unpaired) electrons. The van der Waals surface area contributed by atoms with E-state index in [1.165, 1.54) is 0 Å². The molecule has 0 saturated carbocycles. The third kappa shape index (κ3) is 3.80. The maximum absolute atomic E-state index is 12.7. The average molecular weight is 403 g/mol. The Morgan fingerprint density at radius 1 is 0.862 bits per heavy atom. The minimum atomic E-state index is -0.868. The molecule has 5 heteroatoms. The van der Waals surface area contributed by atoms with Gasteiger partial charge < -0.3 is 11.1 Å². The normalized spacial score (nSPS) is 12.0. The molecule has 4 aromatic rings. The van der Waals surface area contributed by atoms with Gasteiger partial charge in [0.2, 0.25) is 5.91 Å². The Morgan fingerprint density at radius 2 is 1.41 bits per heavy atom. The van der Waals surface area contributed by atoms with Crippen LogP contribution in [0, 0.1) is 0 Å². The fourth-order valence-electron chi connectivity index (χ4n) is 3.64. The number of fused-ring (bicyclic) bond motifs is 2. The molecule has 1 atom stereocenters. The molecule has 3 N–H and O–H groups in total. The molecule has 0 unspecified atom stereocenters. The van der Waals surface area contributed by atoms with Crippen LogP contribution in [0.25, 0.3) is 21.5 Å². The second-order valence-electron chi connectivity index (χ2n) is 6.91. The van der Waals surface area contributed by atoms with Gasteiger partial charge in [0.25, 0.3) is 5.91 Å². The molecule has 0 aromatic heterocycles. The Labute approximate surface area is 173 Å². The highest BCUT2D eigenvalue weighted by atomic mass is 35.5. The number of primary amides is 1. The van der Waals surface area contributed by atoms with Crippen molar-refractivity contribution in [1.82, 2.24) is 5.32 Å². The van der Waals surface area contributed by atoms with E-state index in [2.05, 4.69) is 11.4 Å². The van der Waals surface area contributed by atoms with E-state index in [9.17, 15) is 9.59 Å². The van der Waals surface area contributed by atoms with E-state index in [1.807, 2.05) is 48.5 Å². The van der Waals surface area contributed by atoms with Crippen molar-refractivity contribution < 1.29 is 9.59 Å². The standard InChI is InChI=1S/C24H19ClN2O2/c25-21-12-6-5-11-19(21)24(29)27-22(23(26)28)14-20-17-9-3-1-7-15(17)13-16-8-2-4-10-18(16)20/h1-13,22H,14H2,(H2,26,28)(H,27,29)/t22-/m0/s1. The van der Waals surface area contributed by atoms with E-state index >= 15 is 0 Å². The fraction of sp³-hybridized carbons (Fsp3) is 0.0833. The van der Waals surface area contributed by atoms with Crippen molar-refractivity contribution in [1.29, 1.82) is 0 Å².